The second-order valence-electron chi connectivity index (χ2n) is 4.90. The standard InChI is InChI=1S/C16H12Cl3N3O/c17-11-6-4-10(5-7-11)15(23)22-9-8-20-16(22)21-14-12(18)2-1-3-13(14)19/h1-7H,8-9H2,(H,20,21). The van der Waals surface area contributed by atoms with Gasteiger partial charge in [0.05, 0.1) is 10.0 Å². The van der Waals surface area contributed by atoms with Gasteiger partial charge in [-0.1, -0.05) is 40.9 Å². The summed E-state index contributed by atoms with van der Waals surface area (Å²) in [5, 5.41) is 4.52. The van der Waals surface area contributed by atoms with Crippen molar-refractivity contribution in [3.63, 3.8) is 0 Å². The smallest absolute Gasteiger partial charge is 0.260 e. The lowest BCUT2D eigenvalue weighted by Crippen LogP contribution is -2.35. The fourth-order valence-electron chi connectivity index (χ4n) is 2.23. The summed E-state index contributed by atoms with van der Waals surface area (Å²) in [5.41, 5.74) is 0.977. The number of benzene rings is 2. The molecule has 2 aromatic carbocycles. The molecule has 0 radical (unpaired) electrons. The molecule has 0 aromatic heterocycles. The van der Waals surface area contributed by atoms with Crippen LogP contribution in [-0.2, 0) is 0 Å². The number of nitrogens with one attached hydrogen (secondary N) is 1. The number of aliphatic imine (C=N–C) groups is 1. The highest BCUT2D eigenvalue weighted by Gasteiger charge is 2.26. The van der Waals surface area contributed by atoms with Crippen molar-refractivity contribution in [1.82, 2.24) is 10.2 Å². The number of carbonyl (C=O) groups is 1. The van der Waals surface area contributed by atoms with Crippen LogP contribution in [0, 0.1) is 0 Å². The number of hydrogen-bond donors (Lipinski definition) is 1. The Morgan fingerprint density at radius 2 is 1.70 bits per heavy atom. The zero-order chi connectivity index (χ0) is 16.4. The molecule has 0 spiro atoms. The monoisotopic (exact) mass is 367 g/mol. The first-order valence-electron chi connectivity index (χ1n) is 6.90. The van der Waals surface area contributed by atoms with Gasteiger partial charge in [-0.2, -0.15) is 0 Å². The summed E-state index contributed by atoms with van der Waals surface area (Å²) in [6.07, 6.45) is 0. The molecular weight excluding hydrogens is 357 g/mol. The van der Waals surface area contributed by atoms with E-state index in [1.165, 1.54) is 0 Å². The lowest BCUT2D eigenvalue weighted by atomic mass is 10.2. The molecule has 7 heteroatoms. The van der Waals surface area contributed by atoms with E-state index in [-0.39, 0.29) is 5.91 Å². The highest BCUT2D eigenvalue weighted by atomic mass is 35.5. The predicted molar refractivity (Wildman–Crippen MR) is 94.0 cm³/mol. The Hall–Kier alpha value is -1.75. The minimum atomic E-state index is -0.159. The molecule has 1 amide bonds. The van der Waals surface area contributed by atoms with Crippen LogP contribution in [0.25, 0.3) is 0 Å². The molecule has 0 bridgehead atoms. The van der Waals surface area contributed by atoms with Crippen LogP contribution < -0.4 is 5.32 Å². The SMILES string of the molecule is O=C(c1ccc(Cl)cc1)N1CCNC1=Nc1c(Cl)cccc1Cl. The Morgan fingerprint density at radius 1 is 1.04 bits per heavy atom. The van der Waals surface area contributed by atoms with Gasteiger partial charge >= 0.3 is 0 Å². The molecule has 118 valence electrons. The molecule has 0 saturated carbocycles. The Labute approximate surface area is 148 Å². The van der Waals surface area contributed by atoms with Crippen molar-refractivity contribution >= 4 is 52.4 Å². The van der Waals surface area contributed by atoms with E-state index >= 15 is 0 Å². The van der Waals surface area contributed by atoms with Crippen molar-refractivity contribution in [2.45, 2.75) is 0 Å². The number of para-hydroxylation sites is 1. The van der Waals surface area contributed by atoms with Gasteiger partial charge in [-0.3, -0.25) is 9.69 Å². The summed E-state index contributed by atoms with van der Waals surface area (Å²) >= 11 is 18.1. The van der Waals surface area contributed by atoms with Crippen LogP contribution in [-0.4, -0.2) is 29.9 Å². The first-order chi connectivity index (χ1) is 11.1. The predicted octanol–water partition coefficient (Wildman–Crippen LogP) is 4.38. The van der Waals surface area contributed by atoms with E-state index in [9.17, 15) is 4.79 Å². The Kier molecular flexibility index (Phi) is 4.76. The van der Waals surface area contributed by atoms with Crippen LogP contribution in [0.4, 0.5) is 5.69 Å². The molecule has 1 aliphatic heterocycles. The Balaban J connectivity index is 1.92. The lowest BCUT2D eigenvalue weighted by Gasteiger charge is -2.16. The largest absolute Gasteiger partial charge is 0.354 e. The number of halogens is 3. The van der Waals surface area contributed by atoms with Crippen LogP contribution in [0.1, 0.15) is 10.4 Å². The number of nitrogens with zero attached hydrogens (tertiary/aromatic N) is 2. The third-order valence-corrected chi connectivity index (χ3v) is 4.23. The average molecular weight is 369 g/mol. The molecule has 1 N–H and O–H groups in total. The first kappa shape index (κ1) is 16.1. The third kappa shape index (κ3) is 3.44. The maximum absolute atomic E-state index is 12.6. The van der Waals surface area contributed by atoms with E-state index in [0.29, 0.717) is 45.4 Å². The number of rotatable bonds is 2. The van der Waals surface area contributed by atoms with Gasteiger partial charge in [0.25, 0.3) is 5.91 Å². The van der Waals surface area contributed by atoms with Gasteiger partial charge in [0.1, 0.15) is 5.69 Å². The van der Waals surface area contributed by atoms with Gasteiger partial charge < -0.3 is 5.32 Å². The quantitative estimate of drug-likeness (QED) is 0.855. The summed E-state index contributed by atoms with van der Waals surface area (Å²) < 4.78 is 0. The zero-order valence-electron chi connectivity index (χ0n) is 11.9. The molecule has 0 unspecified atom stereocenters. The van der Waals surface area contributed by atoms with Crippen molar-refractivity contribution in [1.29, 1.82) is 0 Å². The molecule has 0 aliphatic carbocycles. The Morgan fingerprint density at radius 3 is 2.35 bits per heavy atom. The van der Waals surface area contributed by atoms with Gasteiger partial charge in [-0.15, -0.1) is 0 Å². The van der Waals surface area contributed by atoms with Gasteiger partial charge in [0.2, 0.25) is 5.96 Å². The minimum absolute atomic E-state index is 0.159. The van der Waals surface area contributed by atoms with Gasteiger partial charge in [-0.25, -0.2) is 4.99 Å². The van der Waals surface area contributed by atoms with Crippen LogP contribution >= 0.6 is 34.8 Å². The average Bonchev–Trinajstić information content (AvgIpc) is 2.99. The van der Waals surface area contributed by atoms with E-state index in [1.807, 2.05) is 0 Å². The molecular formula is C16H12Cl3N3O. The van der Waals surface area contributed by atoms with Crippen LogP contribution in [0.15, 0.2) is 47.5 Å². The van der Waals surface area contributed by atoms with Crippen molar-refractivity contribution in [2.75, 3.05) is 13.1 Å². The molecule has 1 saturated heterocycles. The summed E-state index contributed by atoms with van der Waals surface area (Å²) in [4.78, 5) is 18.6. The molecule has 1 aliphatic rings. The molecule has 23 heavy (non-hydrogen) atoms. The minimum Gasteiger partial charge on any atom is -0.354 e. The molecule has 2 aromatic rings. The number of amides is 1. The van der Waals surface area contributed by atoms with Crippen molar-refractivity contribution < 1.29 is 4.79 Å². The van der Waals surface area contributed by atoms with Crippen LogP contribution in [0.3, 0.4) is 0 Å². The lowest BCUT2D eigenvalue weighted by molar-refractivity contribution is 0.0859. The molecule has 4 nitrogen and oxygen atoms in total. The topological polar surface area (TPSA) is 44.7 Å². The molecule has 1 heterocycles. The summed E-state index contributed by atoms with van der Waals surface area (Å²) in [5.74, 6) is 0.272. The van der Waals surface area contributed by atoms with Crippen molar-refractivity contribution in [3.8, 4) is 0 Å². The van der Waals surface area contributed by atoms with E-state index in [1.54, 1.807) is 47.4 Å². The van der Waals surface area contributed by atoms with Gasteiger partial charge in [0, 0.05) is 23.7 Å². The van der Waals surface area contributed by atoms with Crippen LogP contribution in [0.5, 0.6) is 0 Å². The number of carbonyl (C=O) groups excluding carboxylic acids is 1. The molecule has 0 atom stereocenters. The van der Waals surface area contributed by atoms with E-state index in [2.05, 4.69) is 10.3 Å². The summed E-state index contributed by atoms with van der Waals surface area (Å²) in [7, 11) is 0. The summed E-state index contributed by atoms with van der Waals surface area (Å²) in [6.45, 7) is 1.13. The Bertz CT molecular complexity index is 754. The number of guanidine groups is 1. The van der Waals surface area contributed by atoms with Crippen LogP contribution in [0.2, 0.25) is 15.1 Å². The first-order valence-corrected chi connectivity index (χ1v) is 8.03. The fourth-order valence-corrected chi connectivity index (χ4v) is 2.84. The summed E-state index contributed by atoms with van der Waals surface area (Å²) in [6, 6.07) is 11.9. The third-order valence-electron chi connectivity index (χ3n) is 3.37. The van der Waals surface area contributed by atoms with Crippen molar-refractivity contribution in [3.05, 3.63) is 63.1 Å². The number of hydrogen-bond acceptors (Lipinski definition) is 2. The molecule has 1 fully saturated rings. The van der Waals surface area contributed by atoms with E-state index in [4.69, 9.17) is 34.8 Å². The van der Waals surface area contributed by atoms with E-state index < -0.39 is 0 Å². The zero-order valence-corrected chi connectivity index (χ0v) is 14.2. The fraction of sp³-hybridized carbons (Fsp3) is 0.125. The normalized spacial score (nSPS) is 15.8. The second kappa shape index (κ2) is 6.79. The maximum Gasteiger partial charge on any atom is 0.260 e. The second-order valence-corrected chi connectivity index (χ2v) is 6.15. The highest BCUT2D eigenvalue weighted by Crippen LogP contribution is 2.33. The van der Waals surface area contributed by atoms with Crippen molar-refractivity contribution in [2.24, 2.45) is 4.99 Å². The maximum atomic E-state index is 12.6. The highest BCUT2D eigenvalue weighted by molar-refractivity contribution is 6.39. The van der Waals surface area contributed by atoms with Gasteiger partial charge in [0.15, 0.2) is 0 Å². The van der Waals surface area contributed by atoms with Gasteiger partial charge in [-0.05, 0) is 36.4 Å². The van der Waals surface area contributed by atoms with E-state index in [0.717, 1.165) is 0 Å². The molecule has 3 rings (SSSR count).